The normalized spacial score (nSPS) is 22.0. The van der Waals surface area contributed by atoms with Crippen LogP contribution in [0.5, 0.6) is 0 Å². The summed E-state index contributed by atoms with van der Waals surface area (Å²) >= 11 is 12.5. The molecule has 0 N–H and O–H groups in total. The molecule has 1 aliphatic rings. The molecule has 9 heteroatoms. The summed E-state index contributed by atoms with van der Waals surface area (Å²) in [5.74, 6) is -0.400. The van der Waals surface area contributed by atoms with Crippen LogP contribution in [0.4, 0.5) is 0 Å². The molecule has 1 unspecified atom stereocenters. The summed E-state index contributed by atoms with van der Waals surface area (Å²) < 4.78 is 37.3. The average Bonchev–Trinajstić information content (AvgIpc) is 2.81. The highest BCUT2D eigenvalue weighted by Gasteiger charge is 2.47. The van der Waals surface area contributed by atoms with Crippen LogP contribution in [0, 0.1) is 0 Å². The predicted octanol–water partition coefficient (Wildman–Crippen LogP) is 6.03. The minimum Gasteiger partial charge on any atom is -0.385 e. The summed E-state index contributed by atoms with van der Waals surface area (Å²) in [5.41, 5.74) is 1.60. The molecule has 0 saturated carbocycles. The van der Waals surface area contributed by atoms with Gasteiger partial charge in [0.1, 0.15) is 12.2 Å². The molecule has 1 saturated heterocycles. The summed E-state index contributed by atoms with van der Waals surface area (Å²) in [6.07, 6.45) is -0.553. The van der Waals surface area contributed by atoms with Gasteiger partial charge >= 0.3 is 0 Å². The van der Waals surface area contributed by atoms with Gasteiger partial charge in [-0.05, 0) is 62.6 Å². The van der Waals surface area contributed by atoms with Crippen LogP contribution < -0.4 is 0 Å². The van der Waals surface area contributed by atoms with Gasteiger partial charge in [0, 0.05) is 36.2 Å². The number of rotatable bonds is 9. The number of ether oxygens (including phenoxy) is 2. The number of hydrogen-bond acceptors (Lipinski definition) is 5. The van der Waals surface area contributed by atoms with Crippen LogP contribution in [-0.2, 0) is 24.1 Å². The van der Waals surface area contributed by atoms with Crippen molar-refractivity contribution in [2.45, 2.75) is 69.6 Å². The Bertz CT molecular complexity index is 1150. The Labute approximate surface area is 224 Å². The molecule has 2 aromatic rings. The lowest BCUT2D eigenvalue weighted by atomic mass is 9.89. The molecule has 1 fully saturated rings. The van der Waals surface area contributed by atoms with Crippen molar-refractivity contribution in [2.24, 2.45) is 0 Å². The smallest absolute Gasteiger partial charge is 0.252 e. The maximum absolute atomic E-state index is 14.0. The number of nitrogens with zero attached hydrogens (tertiary/aromatic N) is 1. The first-order chi connectivity index (χ1) is 16.9. The van der Waals surface area contributed by atoms with E-state index in [1.807, 2.05) is 37.3 Å². The van der Waals surface area contributed by atoms with E-state index in [-0.39, 0.29) is 11.7 Å². The Kier molecular flexibility index (Phi) is 9.50. The zero-order chi connectivity index (χ0) is 26.7. The van der Waals surface area contributed by atoms with E-state index < -0.39 is 38.9 Å². The monoisotopic (exact) mass is 555 g/mol. The number of amides is 1. The fourth-order valence-corrected chi connectivity index (χ4v) is 6.15. The maximum Gasteiger partial charge on any atom is 0.252 e. The van der Waals surface area contributed by atoms with Crippen molar-refractivity contribution < 1.29 is 22.7 Å². The minimum absolute atomic E-state index is 0.151. The van der Waals surface area contributed by atoms with Gasteiger partial charge in [-0.15, -0.1) is 0 Å². The van der Waals surface area contributed by atoms with Gasteiger partial charge in [-0.2, -0.15) is 0 Å². The van der Waals surface area contributed by atoms with Crippen molar-refractivity contribution in [2.75, 3.05) is 19.5 Å². The van der Waals surface area contributed by atoms with Crippen LogP contribution in [0.1, 0.15) is 63.8 Å². The number of morpholine rings is 1. The Balaban J connectivity index is 2.19. The SMILES string of the molecule is CCC(CS(=O)(=O)C(C)(C)C)N1C(=O)[C@H](CCOC)O[C@H](c2cccc(Cl)c2)[C@H]1c1ccc(Cl)cc1. The molecule has 36 heavy (non-hydrogen) atoms. The van der Waals surface area contributed by atoms with Crippen molar-refractivity contribution in [1.82, 2.24) is 4.90 Å². The van der Waals surface area contributed by atoms with Gasteiger partial charge in [-0.25, -0.2) is 8.42 Å². The van der Waals surface area contributed by atoms with E-state index in [0.717, 1.165) is 11.1 Å². The Hall–Kier alpha value is -1.64. The molecule has 1 amide bonds. The van der Waals surface area contributed by atoms with Crippen LogP contribution in [0.25, 0.3) is 0 Å². The lowest BCUT2D eigenvalue weighted by molar-refractivity contribution is -0.180. The molecule has 198 valence electrons. The molecule has 0 aromatic heterocycles. The first-order valence-corrected chi connectivity index (χ1v) is 14.5. The number of carbonyl (C=O) groups excluding carboxylic acids is 1. The summed E-state index contributed by atoms with van der Waals surface area (Å²) in [5, 5.41) is 1.11. The van der Waals surface area contributed by atoms with Crippen molar-refractivity contribution in [3.05, 3.63) is 69.7 Å². The highest BCUT2D eigenvalue weighted by Crippen LogP contribution is 2.45. The molecule has 0 bridgehead atoms. The highest BCUT2D eigenvalue weighted by molar-refractivity contribution is 7.92. The van der Waals surface area contributed by atoms with Gasteiger partial charge in [-0.3, -0.25) is 4.79 Å². The molecule has 4 atom stereocenters. The predicted molar refractivity (Wildman–Crippen MR) is 144 cm³/mol. The van der Waals surface area contributed by atoms with E-state index in [1.54, 1.807) is 51.0 Å². The topological polar surface area (TPSA) is 72.9 Å². The van der Waals surface area contributed by atoms with E-state index in [1.165, 1.54) is 0 Å². The highest BCUT2D eigenvalue weighted by atomic mass is 35.5. The van der Waals surface area contributed by atoms with Gasteiger partial charge in [0.05, 0.1) is 16.5 Å². The Morgan fingerprint density at radius 2 is 1.72 bits per heavy atom. The minimum atomic E-state index is -3.52. The molecule has 0 radical (unpaired) electrons. The number of halogens is 2. The van der Waals surface area contributed by atoms with Gasteiger partial charge in [0.2, 0.25) is 0 Å². The Morgan fingerprint density at radius 3 is 2.28 bits per heavy atom. The Morgan fingerprint density at radius 1 is 1.06 bits per heavy atom. The van der Waals surface area contributed by atoms with Crippen molar-refractivity contribution >= 4 is 38.9 Å². The summed E-state index contributed by atoms with van der Waals surface area (Å²) in [7, 11) is -1.95. The first kappa shape index (κ1) is 28.9. The standard InChI is InChI=1S/C27H35Cl2NO5S/c1-6-22(17-36(32,33)27(2,3)4)30-24(18-10-12-20(28)13-11-18)25(19-8-7-9-21(29)16-19)35-23(26(30)31)14-15-34-5/h7-13,16,22-25H,6,14-15,17H2,1-5H3/t22?,23-,24+,25+/m0/s1. The first-order valence-electron chi connectivity index (χ1n) is 12.1. The van der Waals surface area contributed by atoms with Gasteiger partial charge in [0.25, 0.3) is 5.91 Å². The number of carbonyl (C=O) groups is 1. The van der Waals surface area contributed by atoms with Gasteiger partial charge in [0.15, 0.2) is 9.84 Å². The average molecular weight is 557 g/mol. The van der Waals surface area contributed by atoms with E-state index >= 15 is 0 Å². The van der Waals surface area contributed by atoms with Crippen molar-refractivity contribution in [1.29, 1.82) is 0 Å². The van der Waals surface area contributed by atoms with Gasteiger partial charge in [-0.1, -0.05) is 54.4 Å². The van der Waals surface area contributed by atoms with E-state index in [4.69, 9.17) is 32.7 Å². The zero-order valence-corrected chi connectivity index (χ0v) is 23.7. The molecule has 6 nitrogen and oxygen atoms in total. The second kappa shape index (κ2) is 11.8. The zero-order valence-electron chi connectivity index (χ0n) is 21.4. The summed E-state index contributed by atoms with van der Waals surface area (Å²) in [6, 6.07) is 13.5. The third-order valence-corrected chi connectivity index (χ3v) is 9.79. The van der Waals surface area contributed by atoms with Crippen LogP contribution >= 0.6 is 23.2 Å². The lowest BCUT2D eigenvalue weighted by Crippen LogP contribution is -2.57. The lowest BCUT2D eigenvalue weighted by Gasteiger charge is -2.48. The van der Waals surface area contributed by atoms with Crippen LogP contribution in [0.3, 0.4) is 0 Å². The molecule has 1 aliphatic heterocycles. The quantitative estimate of drug-likeness (QED) is 0.377. The fraction of sp³-hybridized carbons (Fsp3) is 0.519. The molecule has 0 spiro atoms. The molecular weight excluding hydrogens is 521 g/mol. The number of sulfone groups is 1. The summed E-state index contributed by atoms with van der Waals surface area (Å²) in [4.78, 5) is 15.7. The van der Waals surface area contributed by atoms with Crippen molar-refractivity contribution in [3.63, 3.8) is 0 Å². The fourth-order valence-electron chi connectivity index (χ4n) is 4.42. The van der Waals surface area contributed by atoms with E-state index in [0.29, 0.717) is 29.5 Å². The number of benzene rings is 2. The van der Waals surface area contributed by atoms with Crippen LogP contribution in [0.2, 0.25) is 10.0 Å². The number of hydrogen-bond donors (Lipinski definition) is 0. The third kappa shape index (κ3) is 6.43. The molecule has 3 rings (SSSR count). The number of methoxy groups -OCH3 is 1. The van der Waals surface area contributed by atoms with Crippen LogP contribution in [-0.4, -0.2) is 55.6 Å². The second-order valence-corrected chi connectivity index (χ2v) is 13.7. The second-order valence-electron chi connectivity index (χ2n) is 10.1. The van der Waals surface area contributed by atoms with Crippen molar-refractivity contribution in [3.8, 4) is 0 Å². The summed E-state index contributed by atoms with van der Waals surface area (Å²) in [6.45, 7) is 7.29. The van der Waals surface area contributed by atoms with E-state index in [2.05, 4.69) is 0 Å². The largest absolute Gasteiger partial charge is 0.385 e. The molecular formula is C27H35Cl2NO5S. The van der Waals surface area contributed by atoms with E-state index in [9.17, 15) is 13.2 Å². The third-order valence-electron chi connectivity index (χ3n) is 6.61. The molecule has 1 heterocycles. The molecule has 0 aliphatic carbocycles. The van der Waals surface area contributed by atoms with Gasteiger partial charge < -0.3 is 14.4 Å². The molecule has 2 aromatic carbocycles. The maximum atomic E-state index is 14.0. The van der Waals surface area contributed by atoms with Crippen LogP contribution in [0.15, 0.2) is 48.5 Å².